The Balaban J connectivity index is 1.61. The third-order valence-electron chi connectivity index (χ3n) is 4.09. The molecule has 4 aromatic rings. The fraction of sp³-hybridized carbons (Fsp3) is 0.100. The van der Waals surface area contributed by atoms with Crippen LogP contribution in [0.1, 0.15) is 16.8 Å². The first-order chi connectivity index (χ1) is 13.2. The van der Waals surface area contributed by atoms with Crippen LogP contribution in [0.4, 0.5) is 17.6 Å². The van der Waals surface area contributed by atoms with E-state index in [4.69, 9.17) is 5.26 Å². The van der Waals surface area contributed by atoms with Gasteiger partial charge in [0, 0.05) is 23.7 Å². The summed E-state index contributed by atoms with van der Waals surface area (Å²) in [5.74, 6) is 1.91. The molecular weight excluding hydrogens is 338 g/mol. The zero-order chi connectivity index (χ0) is 18.6. The Morgan fingerprint density at radius 3 is 2.63 bits per heavy atom. The van der Waals surface area contributed by atoms with Gasteiger partial charge in [-0.2, -0.15) is 15.3 Å². The lowest BCUT2D eigenvalue weighted by Gasteiger charge is -2.10. The average Bonchev–Trinajstić information content (AvgIpc) is 3.11. The van der Waals surface area contributed by atoms with Crippen molar-refractivity contribution < 1.29 is 0 Å². The van der Waals surface area contributed by atoms with E-state index in [1.165, 1.54) is 0 Å². The van der Waals surface area contributed by atoms with Gasteiger partial charge in [-0.3, -0.25) is 5.10 Å². The SMILES string of the molecule is Cc1cc(Nc2nc(NCc3ccc(C#N)cc3)nc3ccccc23)n[nH]1. The van der Waals surface area contributed by atoms with Crippen LogP contribution in [0.5, 0.6) is 0 Å². The molecule has 0 saturated heterocycles. The van der Waals surface area contributed by atoms with Gasteiger partial charge >= 0.3 is 0 Å². The number of fused-ring (bicyclic) bond motifs is 1. The van der Waals surface area contributed by atoms with Crippen molar-refractivity contribution >= 4 is 28.5 Å². The smallest absolute Gasteiger partial charge is 0.225 e. The Morgan fingerprint density at radius 2 is 1.89 bits per heavy atom. The van der Waals surface area contributed by atoms with Crippen LogP contribution in [-0.4, -0.2) is 20.2 Å². The number of aryl methyl sites for hydroxylation is 1. The van der Waals surface area contributed by atoms with E-state index in [1.807, 2.05) is 49.4 Å². The van der Waals surface area contributed by atoms with E-state index in [-0.39, 0.29) is 0 Å². The Labute approximate surface area is 156 Å². The number of H-pyrrole nitrogens is 1. The number of anilines is 3. The molecule has 0 saturated carbocycles. The first-order valence-electron chi connectivity index (χ1n) is 8.50. The molecule has 2 aromatic carbocycles. The molecule has 7 heteroatoms. The van der Waals surface area contributed by atoms with Crippen molar-refractivity contribution in [3.8, 4) is 6.07 Å². The molecule has 0 radical (unpaired) electrons. The van der Waals surface area contributed by atoms with E-state index >= 15 is 0 Å². The van der Waals surface area contributed by atoms with Crippen molar-refractivity contribution in [2.75, 3.05) is 10.6 Å². The number of aromatic nitrogens is 4. The van der Waals surface area contributed by atoms with E-state index in [1.54, 1.807) is 12.1 Å². The highest BCUT2D eigenvalue weighted by Crippen LogP contribution is 2.24. The molecule has 4 rings (SSSR count). The van der Waals surface area contributed by atoms with Gasteiger partial charge in [0.2, 0.25) is 5.95 Å². The zero-order valence-corrected chi connectivity index (χ0v) is 14.7. The van der Waals surface area contributed by atoms with Crippen LogP contribution >= 0.6 is 0 Å². The fourth-order valence-electron chi connectivity index (χ4n) is 2.73. The summed E-state index contributed by atoms with van der Waals surface area (Å²) < 4.78 is 0. The molecule has 0 unspecified atom stereocenters. The largest absolute Gasteiger partial charge is 0.350 e. The molecule has 2 heterocycles. The highest BCUT2D eigenvalue weighted by molar-refractivity contribution is 5.91. The molecule has 0 fully saturated rings. The van der Waals surface area contributed by atoms with Gasteiger partial charge in [0.05, 0.1) is 17.1 Å². The summed E-state index contributed by atoms with van der Waals surface area (Å²) in [6, 6.07) is 19.3. The van der Waals surface area contributed by atoms with Crippen molar-refractivity contribution in [2.45, 2.75) is 13.5 Å². The van der Waals surface area contributed by atoms with Gasteiger partial charge in [0.1, 0.15) is 5.82 Å². The van der Waals surface area contributed by atoms with Crippen molar-refractivity contribution in [2.24, 2.45) is 0 Å². The maximum atomic E-state index is 8.89. The molecule has 0 bridgehead atoms. The highest BCUT2D eigenvalue weighted by atomic mass is 15.2. The lowest BCUT2D eigenvalue weighted by atomic mass is 10.1. The maximum absolute atomic E-state index is 8.89. The molecule has 132 valence electrons. The van der Waals surface area contributed by atoms with E-state index in [9.17, 15) is 0 Å². The minimum Gasteiger partial charge on any atom is -0.350 e. The number of nitrogens with one attached hydrogen (secondary N) is 3. The standard InChI is InChI=1S/C20H17N7/c1-13-10-18(27-26-13)24-19-16-4-2-3-5-17(16)23-20(25-19)22-12-15-8-6-14(11-21)7-9-15/h2-10H,12H2,1H3,(H3,22,23,24,25,26,27). The molecule has 27 heavy (non-hydrogen) atoms. The average molecular weight is 355 g/mol. The van der Waals surface area contributed by atoms with Gasteiger partial charge in [-0.1, -0.05) is 24.3 Å². The summed E-state index contributed by atoms with van der Waals surface area (Å²) in [5.41, 5.74) is 3.49. The Kier molecular flexibility index (Phi) is 4.37. The number of nitriles is 1. The molecule has 0 spiro atoms. The highest BCUT2D eigenvalue weighted by Gasteiger charge is 2.09. The molecule has 0 aliphatic rings. The molecule has 7 nitrogen and oxygen atoms in total. The summed E-state index contributed by atoms with van der Waals surface area (Å²) in [7, 11) is 0. The second-order valence-electron chi connectivity index (χ2n) is 6.14. The van der Waals surface area contributed by atoms with Crippen LogP contribution in [0.3, 0.4) is 0 Å². The molecule has 0 aliphatic heterocycles. The van der Waals surface area contributed by atoms with Gasteiger partial charge in [-0.25, -0.2) is 4.98 Å². The molecular formula is C20H17N7. The number of hydrogen-bond donors (Lipinski definition) is 3. The second kappa shape index (κ2) is 7.14. The topological polar surface area (TPSA) is 102 Å². The van der Waals surface area contributed by atoms with Gasteiger partial charge < -0.3 is 10.6 Å². The number of rotatable bonds is 5. The zero-order valence-electron chi connectivity index (χ0n) is 14.7. The lowest BCUT2D eigenvalue weighted by Crippen LogP contribution is -2.06. The number of hydrogen-bond acceptors (Lipinski definition) is 6. The Hall–Kier alpha value is -3.92. The normalized spacial score (nSPS) is 10.5. The summed E-state index contributed by atoms with van der Waals surface area (Å²) in [4.78, 5) is 9.20. The second-order valence-corrected chi connectivity index (χ2v) is 6.14. The quantitative estimate of drug-likeness (QED) is 0.502. The monoisotopic (exact) mass is 355 g/mol. The molecule has 0 amide bonds. The number of benzene rings is 2. The van der Waals surface area contributed by atoms with Gasteiger partial charge in [0.15, 0.2) is 5.82 Å². The van der Waals surface area contributed by atoms with E-state index in [0.717, 1.165) is 22.2 Å². The predicted octanol–water partition coefficient (Wildman–Crippen LogP) is 3.89. The first kappa shape index (κ1) is 16.5. The van der Waals surface area contributed by atoms with Crippen molar-refractivity contribution in [1.82, 2.24) is 20.2 Å². The van der Waals surface area contributed by atoms with Crippen molar-refractivity contribution in [3.05, 3.63) is 71.4 Å². The predicted molar refractivity (Wildman–Crippen MR) is 105 cm³/mol. The van der Waals surface area contributed by atoms with Gasteiger partial charge in [-0.05, 0) is 36.8 Å². The van der Waals surface area contributed by atoms with Crippen LogP contribution in [0.2, 0.25) is 0 Å². The van der Waals surface area contributed by atoms with Gasteiger partial charge in [0.25, 0.3) is 0 Å². The Morgan fingerprint density at radius 1 is 1.07 bits per heavy atom. The summed E-state index contributed by atoms with van der Waals surface area (Å²) in [6.45, 7) is 2.51. The van der Waals surface area contributed by atoms with Crippen molar-refractivity contribution in [3.63, 3.8) is 0 Å². The molecule has 0 atom stereocenters. The van der Waals surface area contributed by atoms with Crippen LogP contribution in [0.15, 0.2) is 54.6 Å². The molecule has 0 aliphatic carbocycles. The maximum Gasteiger partial charge on any atom is 0.225 e. The number of para-hydroxylation sites is 1. The molecule has 2 aromatic heterocycles. The summed E-state index contributed by atoms with van der Waals surface area (Å²) in [5, 5.41) is 23.4. The number of aromatic amines is 1. The summed E-state index contributed by atoms with van der Waals surface area (Å²) in [6.07, 6.45) is 0. The van der Waals surface area contributed by atoms with Crippen LogP contribution in [0, 0.1) is 18.3 Å². The minimum atomic E-state index is 0.521. The lowest BCUT2D eigenvalue weighted by molar-refractivity contribution is 1.04. The third kappa shape index (κ3) is 3.70. The number of nitrogens with zero attached hydrogens (tertiary/aromatic N) is 4. The molecule has 3 N–H and O–H groups in total. The van der Waals surface area contributed by atoms with E-state index in [2.05, 4.69) is 36.9 Å². The van der Waals surface area contributed by atoms with Crippen LogP contribution < -0.4 is 10.6 Å². The third-order valence-corrected chi connectivity index (χ3v) is 4.09. The minimum absolute atomic E-state index is 0.521. The van der Waals surface area contributed by atoms with Crippen molar-refractivity contribution in [1.29, 1.82) is 5.26 Å². The Bertz CT molecular complexity index is 1120. The summed E-state index contributed by atoms with van der Waals surface area (Å²) >= 11 is 0. The van der Waals surface area contributed by atoms with E-state index < -0.39 is 0 Å². The first-order valence-corrected chi connectivity index (χ1v) is 8.50. The van der Waals surface area contributed by atoms with Crippen LogP contribution in [0.25, 0.3) is 10.9 Å². The van der Waals surface area contributed by atoms with E-state index in [0.29, 0.717) is 29.7 Å². The fourth-order valence-corrected chi connectivity index (χ4v) is 2.73. The van der Waals surface area contributed by atoms with Gasteiger partial charge in [-0.15, -0.1) is 0 Å². The van der Waals surface area contributed by atoms with Crippen LogP contribution in [-0.2, 0) is 6.54 Å².